The van der Waals surface area contributed by atoms with Crippen molar-refractivity contribution < 1.29 is 5.11 Å². The van der Waals surface area contributed by atoms with Gasteiger partial charge in [-0.25, -0.2) is 19.9 Å². The van der Waals surface area contributed by atoms with Gasteiger partial charge in [-0.2, -0.15) is 0 Å². The second kappa shape index (κ2) is 6.97. The lowest BCUT2D eigenvalue weighted by Gasteiger charge is -2.23. The van der Waals surface area contributed by atoms with Crippen molar-refractivity contribution in [2.24, 2.45) is 4.99 Å². The largest absolute Gasteiger partial charge is 0.386 e. The molecule has 0 aliphatic carbocycles. The maximum absolute atomic E-state index is 11.3. The normalized spacial score (nSPS) is 16.6. The number of aliphatic hydroxyl groups excluding tert-OH is 1. The average Bonchev–Trinajstić information content (AvgIpc) is 3.19. The highest BCUT2D eigenvalue weighted by Gasteiger charge is 2.25. The highest BCUT2D eigenvalue weighted by Crippen LogP contribution is 2.33. The summed E-state index contributed by atoms with van der Waals surface area (Å²) in [7, 11) is 0. The summed E-state index contributed by atoms with van der Waals surface area (Å²) in [5.74, 6) is 0.788. The molecule has 1 aliphatic rings. The molecule has 0 radical (unpaired) electrons. The molecule has 28 heavy (non-hydrogen) atoms. The number of H-pyrrole nitrogens is 1. The van der Waals surface area contributed by atoms with E-state index in [0.717, 1.165) is 5.82 Å². The summed E-state index contributed by atoms with van der Waals surface area (Å²) >= 11 is 0. The van der Waals surface area contributed by atoms with Crippen LogP contribution in [0.4, 0.5) is 5.82 Å². The van der Waals surface area contributed by atoms with Crippen molar-refractivity contribution in [2.45, 2.75) is 65.1 Å². The Morgan fingerprint density at radius 2 is 1.68 bits per heavy atom. The maximum atomic E-state index is 11.3. The molecule has 150 valence electrons. The number of hydrogen-bond acceptors (Lipinski definition) is 6. The fourth-order valence-corrected chi connectivity index (χ4v) is 2.90. The smallest absolute Gasteiger partial charge is 0.278 e. The Labute approximate surface area is 163 Å². The summed E-state index contributed by atoms with van der Waals surface area (Å²) in [6.45, 7) is 12.4. The molecule has 0 aromatic carbocycles. The van der Waals surface area contributed by atoms with Crippen LogP contribution in [0.1, 0.15) is 59.8 Å². The molecule has 0 amide bonds. The van der Waals surface area contributed by atoms with E-state index >= 15 is 0 Å². The molecule has 4 rings (SSSR count). The van der Waals surface area contributed by atoms with Crippen LogP contribution in [0.15, 0.2) is 28.8 Å². The van der Waals surface area contributed by atoms with Gasteiger partial charge in [-0.1, -0.05) is 0 Å². The van der Waals surface area contributed by atoms with E-state index in [-0.39, 0.29) is 16.6 Å². The van der Waals surface area contributed by atoms with Crippen LogP contribution in [-0.2, 0) is 11.1 Å². The minimum absolute atomic E-state index is 0.0466. The predicted molar refractivity (Wildman–Crippen MR) is 108 cm³/mol. The Morgan fingerprint density at radius 1 is 1.04 bits per heavy atom. The first-order chi connectivity index (χ1) is 13.0. The third-order valence-corrected chi connectivity index (χ3v) is 4.41. The van der Waals surface area contributed by atoms with E-state index in [1.165, 1.54) is 6.33 Å². The van der Waals surface area contributed by atoms with Gasteiger partial charge in [-0.15, -0.1) is 0 Å². The first kappa shape index (κ1) is 19.9. The monoisotopic (exact) mass is 385 g/mol. The molecule has 2 N–H and O–H groups in total. The number of nitrogens with zero attached hydrogens (tertiary/aromatic N) is 6. The van der Waals surface area contributed by atoms with Crippen LogP contribution in [-0.4, -0.2) is 40.4 Å². The van der Waals surface area contributed by atoms with Crippen LogP contribution in [0.5, 0.6) is 0 Å². The number of fused-ring (bicyclic) bond motifs is 2. The molecular weight excluding hydrogens is 358 g/mol. The van der Waals surface area contributed by atoms with Crippen molar-refractivity contribution in [2.75, 3.05) is 0 Å². The van der Waals surface area contributed by atoms with Crippen molar-refractivity contribution in [3.05, 3.63) is 35.0 Å². The fourth-order valence-electron chi connectivity index (χ4n) is 2.90. The number of imidazole rings is 2. The van der Waals surface area contributed by atoms with E-state index in [2.05, 4.69) is 45.7 Å². The molecule has 0 bridgehead atoms. The Balaban J connectivity index is 0.000000161. The van der Waals surface area contributed by atoms with Gasteiger partial charge in [0.25, 0.3) is 5.56 Å². The Morgan fingerprint density at radius 3 is 2.32 bits per heavy atom. The van der Waals surface area contributed by atoms with Gasteiger partial charge in [-0.3, -0.25) is 4.79 Å². The highest BCUT2D eigenvalue weighted by atomic mass is 16.3. The number of aliphatic imine (C=N–C) groups is 1. The number of rotatable bonds is 0. The molecule has 0 saturated heterocycles. The van der Waals surface area contributed by atoms with E-state index in [1.807, 2.05) is 29.9 Å². The number of aliphatic hydroxyl groups is 1. The number of aromatic amines is 1. The van der Waals surface area contributed by atoms with Crippen molar-refractivity contribution in [3.63, 3.8) is 0 Å². The quantitative estimate of drug-likeness (QED) is 0.617. The minimum atomic E-state index is -0.494. The molecule has 1 unspecified atom stereocenters. The summed E-state index contributed by atoms with van der Waals surface area (Å²) in [4.78, 5) is 30.5. The van der Waals surface area contributed by atoms with E-state index in [0.29, 0.717) is 23.3 Å². The van der Waals surface area contributed by atoms with Crippen molar-refractivity contribution in [1.82, 2.24) is 29.1 Å². The van der Waals surface area contributed by atoms with Crippen molar-refractivity contribution >= 4 is 23.2 Å². The topological polar surface area (TPSA) is 114 Å². The zero-order valence-electron chi connectivity index (χ0n) is 17.1. The Hall–Kier alpha value is -2.81. The third kappa shape index (κ3) is 3.75. The summed E-state index contributed by atoms with van der Waals surface area (Å²) < 4.78 is 3.87. The van der Waals surface area contributed by atoms with Crippen LogP contribution >= 0.6 is 0 Å². The standard InChI is InChI=1S/C10H15N3O.C9H12N4O/c1-10(2,3)13-6-12-8-7(14)4-5-11-9(8)13;1-9(2,3)13-5-12-6-7(13)10-4-11-8(6)14/h5-7,14H,4H2,1-3H3;4-5H,1-3H3,(H,10,11,14). The lowest BCUT2D eigenvalue weighted by molar-refractivity contribution is 0.182. The van der Waals surface area contributed by atoms with E-state index in [4.69, 9.17) is 0 Å². The zero-order chi connectivity index (χ0) is 20.7. The molecular formula is C19H27N7O2. The van der Waals surface area contributed by atoms with Crippen molar-refractivity contribution in [1.29, 1.82) is 0 Å². The van der Waals surface area contributed by atoms with Gasteiger partial charge in [0.1, 0.15) is 11.8 Å². The first-order valence-electron chi connectivity index (χ1n) is 9.19. The molecule has 0 spiro atoms. The van der Waals surface area contributed by atoms with Crippen LogP contribution in [0.3, 0.4) is 0 Å². The average molecular weight is 385 g/mol. The van der Waals surface area contributed by atoms with E-state index in [1.54, 1.807) is 18.9 Å². The molecule has 3 aromatic rings. The van der Waals surface area contributed by atoms with Gasteiger partial charge < -0.3 is 19.2 Å². The van der Waals surface area contributed by atoms with Crippen LogP contribution in [0, 0.1) is 0 Å². The summed E-state index contributed by atoms with van der Waals surface area (Å²) in [5.41, 5.74) is 1.36. The molecule has 9 heteroatoms. The lowest BCUT2D eigenvalue weighted by Crippen LogP contribution is -2.21. The molecule has 4 heterocycles. The van der Waals surface area contributed by atoms with E-state index < -0.39 is 6.10 Å². The van der Waals surface area contributed by atoms with E-state index in [9.17, 15) is 9.90 Å². The molecule has 1 aliphatic heterocycles. The number of hydrogen-bond donors (Lipinski definition) is 2. The summed E-state index contributed by atoms with van der Waals surface area (Å²) in [6, 6.07) is 0. The third-order valence-electron chi connectivity index (χ3n) is 4.41. The highest BCUT2D eigenvalue weighted by molar-refractivity contribution is 5.69. The van der Waals surface area contributed by atoms with Gasteiger partial charge in [-0.05, 0) is 41.5 Å². The number of aromatic nitrogens is 6. The number of nitrogens with one attached hydrogen (secondary N) is 1. The fraction of sp³-hybridized carbons (Fsp3) is 0.526. The predicted octanol–water partition coefficient (Wildman–Crippen LogP) is 2.65. The second-order valence-corrected chi connectivity index (χ2v) is 8.75. The van der Waals surface area contributed by atoms with Gasteiger partial charge in [0.15, 0.2) is 17.0 Å². The molecule has 1 atom stereocenters. The lowest BCUT2D eigenvalue weighted by atomic mass is 10.1. The summed E-state index contributed by atoms with van der Waals surface area (Å²) in [6.07, 6.45) is 6.61. The van der Waals surface area contributed by atoms with Crippen LogP contribution in [0.25, 0.3) is 11.2 Å². The van der Waals surface area contributed by atoms with Gasteiger partial charge >= 0.3 is 0 Å². The maximum Gasteiger partial charge on any atom is 0.278 e. The molecule has 0 fully saturated rings. The van der Waals surface area contributed by atoms with Crippen LogP contribution in [0.2, 0.25) is 0 Å². The minimum Gasteiger partial charge on any atom is -0.386 e. The summed E-state index contributed by atoms with van der Waals surface area (Å²) in [5, 5.41) is 9.67. The van der Waals surface area contributed by atoms with Gasteiger partial charge in [0.05, 0.1) is 19.0 Å². The first-order valence-corrected chi connectivity index (χ1v) is 9.19. The molecule has 0 saturated carbocycles. The Kier molecular flexibility index (Phi) is 4.97. The Bertz CT molecular complexity index is 1060. The van der Waals surface area contributed by atoms with Crippen LogP contribution < -0.4 is 5.56 Å². The molecule has 3 aromatic heterocycles. The SMILES string of the molecule is CC(C)(C)n1cnc2c(=O)[nH]cnc21.CC(C)(C)n1cnc2c1N=CCC2O. The van der Waals surface area contributed by atoms with Gasteiger partial charge in [0.2, 0.25) is 0 Å². The van der Waals surface area contributed by atoms with Gasteiger partial charge in [0, 0.05) is 23.7 Å². The second-order valence-electron chi connectivity index (χ2n) is 8.75. The molecule has 9 nitrogen and oxygen atoms in total. The zero-order valence-corrected chi connectivity index (χ0v) is 17.1. The van der Waals surface area contributed by atoms with Crippen molar-refractivity contribution in [3.8, 4) is 0 Å².